The molecule has 0 unspecified atom stereocenters. The number of pyridine rings is 1. The van der Waals surface area contributed by atoms with E-state index in [4.69, 9.17) is 10.5 Å². The van der Waals surface area contributed by atoms with Crippen LogP contribution in [0.5, 0.6) is 0 Å². The van der Waals surface area contributed by atoms with Crippen LogP contribution in [0.4, 0.5) is 11.4 Å². The van der Waals surface area contributed by atoms with Crippen LogP contribution in [-0.2, 0) is 11.8 Å². The molecular formula is C18H25N3O2. The van der Waals surface area contributed by atoms with Crippen LogP contribution in [-0.4, -0.2) is 23.8 Å². The van der Waals surface area contributed by atoms with E-state index in [1.807, 2.05) is 51.2 Å². The number of nitrogen functional groups attached to an aromatic ring is 1. The molecule has 5 nitrogen and oxygen atoms in total. The third-order valence-corrected chi connectivity index (χ3v) is 3.78. The molecule has 3 N–H and O–H groups in total. The Bertz CT molecular complexity index is 711. The fourth-order valence-electron chi connectivity index (χ4n) is 2.52. The normalized spacial score (nSPS) is 12.2. The van der Waals surface area contributed by atoms with Crippen molar-refractivity contribution in [2.24, 2.45) is 7.05 Å². The van der Waals surface area contributed by atoms with E-state index in [-0.39, 0.29) is 11.7 Å². The average molecular weight is 315 g/mol. The van der Waals surface area contributed by atoms with Gasteiger partial charge in [0.25, 0.3) is 5.56 Å². The second-order valence-electron chi connectivity index (χ2n) is 5.78. The maximum Gasteiger partial charge on any atom is 0.253 e. The molecule has 0 fully saturated rings. The zero-order valence-electron chi connectivity index (χ0n) is 14.2. The molecule has 23 heavy (non-hydrogen) atoms. The van der Waals surface area contributed by atoms with Gasteiger partial charge in [0.15, 0.2) is 0 Å². The highest BCUT2D eigenvalue weighted by Crippen LogP contribution is 2.27. The Morgan fingerprint density at radius 3 is 2.70 bits per heavy atom. The lowest BCUT2D eigenvalue weighted by Crippen LogP contribution is -2.20. The molecule has 0 spiro atoms. The van der Waals surface area contributed by atoms with Gasteiger partial charge in [-0.2, -0.15) is 0 Å². The minimum absolute atomic E-state index is 0.0214. The average Bonchev–Trinajstić information content (AvgIpc) is 2.51. The molecule has 0 saturated carbocycles. The van der Waals surface area contributed by atoms with Crippen LogP contribution >= 0.6 is 0 Å². The van der Waals surface area contributed by atoms with Gasteiger partial charge in [-0.1, -0.05) is 6.07 Å². The van der Waals surface area contributed by atoms with Gasteiger partial charge in [-0.3, -0.25) is 4.79 Å². The quantitative estimate of drug-likeness (QED) is 0.804. The summed E-state index contributed by atoms with van der Waals surface area (Å²) in [6.45, 7) is 7.20. The van der Waals surface area contributed by atoms with Crippen molar-refractivity contribution in [1.82, 2.24) is 4.57 Å². The Kier molecular flexibility index (Phi) is 5.45. The summed E-state index contributed by atoms with van der Waals surface area (Å²) in [6, 6.07) is 7.75. The number of nitrogens with one attached hydrogen (secondary N) is 1. The van der Waals surface area contributed by atoms with Crippen molar-refractivity contribution in [3.8, 4) is 11.1 Å². The van der Waals surface area contributed by atoms with Crippen LogP contribution in [0, 0.1) is 6.92 Å². The Labute approximate surface area is 137 Å². The van der Waals surface area contributed by atoms with Gasteiger partial charge >= 0.3 is 0 Å². The highest BCUT2D eigenvalue weighted by atomic mass is 16.5. The fraction of sp³-hybridized carbons (Fsp3) is 0.389. The molecule has 0 bridgehead atoms. The number of aryl methyl sites for hydroxylation is 2. The van der Waals surface area contributed by atoms with Crippen molar-refractivity contribution in [1.29, 1.82) is 0 Å². The molecule has 1 aromatic carbocycles. The number of hydrogen-bond acceptors (Lipinski definition) is 4. The second kappa shape index (κ2) is 7.33. The number of rotatable bonds is 6. The molecule has 1 atom stereocenters. The number of ether oxygens (including phenoxy) is 1. The van der Waals surface area contributed by atoms with E-state index in [1.54, 1.807) is 11.6 Å². The van der Waals surface area contributed by atoms with Gasteiger partial charge < -0.3 is 20.4 Å². The van der Waals surface area contributed by atoms with E-state index < -0.39 is 0 Å². The smallest absolute Gasteiger partial charge is 0.253 e. The lowest BCUT2D eigenvalue weighted by atomic mass is 10.0. The van der Waals surface area contributed by atoms with Crippen molar-refractivity contribution in [3.05, 3.63) is 46.4 Å². The SMILES string of the molecule is CCO[C@H](C)CNc1cc(-c2cc(C)c(=O)n(C)c2)ccc1N. The maximum atomic E-state index is 11.8. The molecule has 0 saturated heterocycles. The molecular weight excluding hydrogens is 290 g/mol. The molecule has 1 heterocycles. The van der Waals surface area contributed by atoms with Crippen LogP contribution in [0.1, 0.15) is 19.4 Å². The lowest BCUT2D eigenvalue weighted by Gasteiger charge is -2.16. The number of nitrogens with zero attached hydrogens (tertiary/aromatic N) is 1. The van der Waals surface area contributed by atoms with Crippen LogP contribution in [0.15, 0.2) is 35.3 Å². The zero-order chi connectivity index (χ0) is 17.0. The minimum atomic E-state index is 0.0214. The number of hydrogen-bond donors (Lipinski definition) is 2. The molecule has 0 radical (unpaired) electrons. The summed E-state index contributed by atoms with van der Waals surface area (Å²) in [4.78, 5) is 11.8. The van der Waals surface area contributed by atoms with E-state index in [1.165, 1.54) is 0 Å². The van der Waals surface area contributed by atoms with Crippen LogP contribution in [0.2, 0.25) is 0 Å². The van der Waals surface area contributed by atoms with Gasteiger partial charge in [-0.25, -0.2) is 0 Å². The summed E-state index contributed by atoms with van der Waals surface area (Å²) in [5.74, 6) is 0. The predicted molar refractivity (Wildman–Crippen MR) is 95.8 cm³/mol. The number of aromatic nitrogens is 1. The standard InChI is InChI=1S/C18H25N3O2/c1-5-23-13(3)10-20-17-9-14(6-7-16(17)19)15-8-12(2)18(22)21(4)11-15/h6-9,11,13,20H,5,10,19H2,1-4H3/t13-/m1/s1. The first-order valence-electron chi connectivity index (χ1n) is 7.85. The second-order valence-corrected chi connectivity index (χ2v) is 5.78. The van der Waals surface area contributed by atoms with Gasteiger partial charge in [0, 0.05) is 32.0 Å². The van der Waals surface area contributed by atoms with E-state index in [2.05, 4.69) is 5.32 Å². The molecule has 2 rings (SSSR count). The predicted octanol–water partition coefficient (Wildman–Crippen LogP) is 2.78. The Morgan fingerprint density at radius 1 is 1.30 bits per heavy atom. The van der Waals surface area contributed by atoms with E-state index >= 15 is 0 Å². The summed E-state index contributed by atoms with van der Waals surface area (Å²) < 4.78 is 7.12. The minimum Gasteiger partial charge on any atom is -0.397 e. The molecule has 5 heteroatoms. The van der Waals surface area contributed by atoms with Gasteiger partial charge in [-0.15, -0.1) is 0 Å². The maximum absolute atomic E-state index is 11.8. The number of nitrogens with two attached hydrogens (primary N) is 1. The molecule has 124 valence electrons. The zero-order valence-corrected chi connectivity index (χ0v) is 14.2. The third kappa shape index (κ3) is 4.13. The number of anilines is 2. The molecule has 0 aliphatic carbocycles. The van der Waals surface area contributed by atoms with Crippen LogP contribution in [0.25, 0.3) is 11.1 Å². The molecule has 1 aromatic heterocycles. The van der Waals surface area contributed by atoms with E-state index in [9.17, 15) is 4.79 Å². The van der Waals surface area contributed by atoms with Gasteiger partial charge in [0.2, 0.25) is 0 Å². The Hall–Kier alpha value is -2.27. The number of benzene rings is 1. The topological polar surface area (TPSA) is 69.3 Å². The highest BCUT2D eigenvalue weighted by molar-refractivity contribution is 5.76. The molecule has 0 aliphatic rings. The van der Waals surface area contributed by atoms with E-state index in [0.717, 1.165) is 22.4 Å². The van der Waals surface area contributed by atoms with Crippen LogP contribution in [0.3, 0.4) is 0 Å². The summed E-state index contributed by atoms with van der Waals surface area (Å²) in [5, 5.41) is 3.33. The van der Waals surface area contributed by atoms with E-state index in [0.29, 0.717) is 18.8 Å². The van der Waals surface area contributed by atoms with Crippen LogP contribution < -0.4 is 16.6 Å². The summed E-state index contributed by atoms with van der Waals surface area (Å²) in [5.41, 5.74) is 10.4. The summed E-state index contributed by atoms with van der Waals surface area (Å²) in [6.07, 6.45) is 1.95. The van der Waals surface area contributed by atoms with Crippen molar-refractivity contribution in [3.63, 3.8) is 0 Å². The molecule has 2 aromatic rings. The highest BCUT2D eigenvalue weighted by Gasteiger charge is 2.08. The third-order valence-electron chi connectivity index (χ3n) is 3.78. The lowest BCUT2D eigenvalue weighted by molar-refractivity contribution is 0.0855. The van der Waals surface area contributed by atoms with Crippen molar-refractivity contribution in [2.75, 3.05) is 24.2 Å². The van der Waals surface area contributed by atoms with Crippen molar-refractivity contribution < 1.29 is 4.74 Å². The first-order valence-corrected chi connectivity index (χ1v) is 7.85. The first kappa shape index (κ1) is 17.1. The van der Waals surface area contributed by atoms with Gasteiger partial charge in [0.1, 0.15) is 0 Å². The first-order chi connectivity index (χ1) is 10.9. The largest absolute Gasteiger partial charge is 0.397 e. The van der Waals surface area contributed by atoms with Gasteiger partial charge in [0.05, 0.1) is 17.5 Å². The summed E-state index contributed by atoms with van der Waals surface area (Å²) in [7, 11) is 1.76. The van der Waals surface area contributed by atoms with Crippen molar-refractivity contribution >= 4 is 11.4 Å². The fourth-order valence-corrected chi connectivity index (χ4v) is 2.52. The monoisotopic (exact) mass is 315 g/mol. The Balaban J connectivity index is 2.28. The molecule has 0 aliphatic heterocycles. The van der Waals surface area contributed by atoms with Gasteiger partial charge in [-0.05, 0) is 50.1 Å². The Morgan fingerprint density at radius 2 is 2.04 bits per heavy atom. The van der Waals surface area contributed by atoms with Crippen molar-refractivity contribution in [2.45, 2.75) is 26.9 Å². The summed E-state index contributed by atoms with van der Waals surface area (Å²) >= 11 is 0. The molecule has 0 amide bonds.